The van der Waals surface area contributed by atoms with Crippen LogP contribution in [0.2, 0.25) is 0 Å². The fourth-order valence-corrected chi connectivity index (χ4v) is 2.11. The lowest BCUT2D eigenvalue weighted by atomic mass is 10.1. The van der Waals surface area contributed by atoms with Gasteiger partial charge in [-0.2, -0.15) is 0 Å². The Labute approximate surface area is 118 Å². The average Bonchev–Trinajstić information content (AvgIpc) is 2.43. The molecule has 0 atom stereocenters. The predicted octanol–water partition coefficient (Wildman–Crippen LogP) is 4.28. The zero-order valence-corrected chi connectivity index (χ0v) is 12.8. The molecule has 0 unspecified atom stereocenters. The number of benzene rings is 1. The molecule has 0 radical (unpaired) electrons. The van der Waals surface area contributed by atoms with E-state index >= 15 is 0 Å². The summed E-state index contributed by atoms with van der Waals surface area (Å²) in [6.45, 7) is 10.7. The molecule has 19 heavy (non-hydrogen) atoms. The number of hydrogen-bond donors (Lipinski definition) is 0. The third-order valence-electron chi connectivity index (χ3n) is 3.15. The highest BCUT2D eigenvalue weighted by Crippen LogP contribution is 2.12. The van der Waals surface area contributed by atoms with E-state index in [1.165, 1.54) is 44.3 Å². The summed E-state index contributed by atoms with van der Waals surface area (Å²) in [5, 5.41) is 0. The zero-order chi connectivity index (χ0) is 13.9. The third kappa shape index (κ3) is 7.22. The summed E-state index contributed by atoms with van der Waals surface area (Å²) in [5.41, 5.74) is 1.28. The fourth-order valence-electron chi connectivity index (χ4n) is 2.11. The molecule has 1 aromatic carbocycles. The second-order valence-electron chi connectivity index (χ2n) is 5.27. The lowest BCUT2D eigenvalue weighted by Gasteiger charge is -2.26. The first-order valence-electron chi connectivity index (χ1n) is 7.68. The van der Waals surface area contributed by atoms with Crippen molar-refractivity contribution in [1.82, 2.24) is 4.90 Å². The van der Waals surface area contributed by atoms with E-state index in [1.54, 1.807) is 0 Å². The van der Waals surface area contributed by atoms with E-state index in [0.717, 1.165) is 18.9 Å². The van der Waals surface area contributed by atoms with Crippen LogP contribution in [0.4, 0.5) is 0 Å². The van der Waals surface area contributed by atoms with Gasteiger partial charge in [0.1, 0.15) is 12.4 Å². The standard InChI is InChI=1S/C14H21NO.C3H8/c1-13-5-7-14(8-6-13)16-12-11-15-9-3-2-4-10-15;1-3-2/h5-8H,2-4,9-12H2,1H3;3H2,1-2H3. The van der Waals surface area contributed by atoms with Crippen molar-refractivity contribution in [2.24, 2.45) is 0 Å². The van der Waals surface area contributed by atoms with Crippen LogP contribution in [-0.4, -0.2) is 31.1 Å². The quantitative estimate of drug-likeness (QED) is 0.804. The van der Waals surface area contributed by atoms with Crippen LogP contribution >= 0.6 is 0 Å². The Morgan fingerprint density at radius 1 is 1.00 bits per heavy atom. The minimum atomic E-state index is 0.809. The molecule has 2 nitrogen and oxygen atoms in total. The Balaban J connectivity index is 0.000000550. The van der Waals surface area contributed by atoms with Gasteiger partial charge in [0.2, 0.25) is 0 Å². The van der Waals surface area contributed by atoms with Crippen LogP contribution in [0.1, 0.15) is 45.1 Å². The Morgan fingerprint density at radius 3 is 2.16 bits per heavy atom. The zero-order valence-electron chi connectivity index (χ0n) is 12.8. The maximum Gasteiger partial charge on any atom is 0.119 e. The molecule has 1 aromatic rings. The van der Waals surface area contributed by atoms with Gasteiger partial charge in [-0.1, -0.05) is 44.4 Å². The van der Waals surface area contributed by atoms with E-state index in [9.17, 15) is 0 Å². The van der Waals surface area contributed by atoms with Crippen molar-refractivity contribution in [3.63, 3.8) is 0 Å². The summed E-state index contributed by atoms with van der Waals surface area (Å²) in [6.07, 6.45) is 5.35. The van der Waals surface area contributed by atoms with Crippen LogP contribution in [0.25, 0.3) is 0 Å². The van der Waals surface area contributed by atoms with Crippen molar-refractivity contribution in [2.45, 2.75) is 46.5 Å². The maximum absolute atomic E-state index is 5.72. The molecule has 0 spiro atoms. The van der Waals surface area contributed by atoms with Crippen molar-refractivity contribution < 1.29 is 4.74 Å². The number of rotatable bonds is 4. The number of piperidine rings is 1. The first-order valence-corrected chi connectivity index (χ1v) is 7.68. The SMILES string of the molecule is CCC.Cc1ccc(OCCN2CCCCC2)cc1. The molecule has 1 aliphatic rings. The van der Waals surface area contributed by atoms with Gasteiger partial charge in [-0.05, 0) is 45.0 Å². The molecule has 0 N–H and O–H groups in total. The summed E-state index contributed by atoms with van der Waals surface area (Å²) >= 11 is 0. The predicted molar refractivity (Wildman–Crippen MR) is 82.9 cm³/mol. The second kappa shape index (κ2) is 9.85. The van der Waals surface area contributed by atoms with Crippen LogP contribution in [-0.2, 0) is 0 Å². The lowest BCUT2D eigenvalue weighted by Crippen LogP contribution is -2.33. The number of hydrogen-bond acceptors (Lipinski definition) is 2. The molecule has 108 valence electrons. The van der Waals surface area contributed by atoms with Crippen molar-refractivity contribution >= 4 is 0 Å². The average molecular weight is 263 g/mol. The summed E-state index contributed by atoms with van der Waals surface area (Å²) in [4.78, 5) is 2.50. The molecule has 2 heteroatoms. The molecule has 0 aromatic heterocycles. The molecule has 2 rings (SSSR count). The number of nitrogens with zero attached hydrogens (tertiary/aromatic N) is 1. The highest BCUT2D eigenvalue weighted by molar-refractivity contribution is 5.26. The first-order chi connectivity index (χ1) is 9.26. The minimum Gasteiger partial charge on any atom is -0.492 e. The maximum atomic E-state index is 5.72. The summed E-state index contributed by atoms with van der Waals surface area (Å²) in [7, 11) is 0. The van der Waals surface area contributed by atoms with E-state index < -0.39 is 0 Å². The van der Waals surface area contributed by atoms with Crippen molar-refractivity contribution in [1.29, 1.82) is 0 Å². The normalized spacial score (nSPS) is 15.5. The Morgan fingerprint density at radius 2 is 1.58 bits per heavy atom. The Hall–Kier alpha value is -1.02. The summed E-state index contributed by atoms with van der Waals surface area (Å²) < 4.78 is 5.72. The van der Waals surface area contributed by atoms with Gasteiger partial charge in [0.05, 0.1) is 0 Å². The van der Waals surface area contributed by atoms with Crippen LogP contribution in [0.3, 0.4) is 0 Å². The fraction of sp³-hybridized carbons (Fsp3) is 0.647. The molecule has 0 amide bonds. The largest absolute Gasteiger partial charge is 0.492 e. The van der Waals surface area contributed by atoms with E-state index in [-0.39, 0.29) is 0 Å². The van der Waals surface area contributed by atoms with E-state index in [0.29, 0.717) is 0 Å². The number of aryl methyl sites for hydroxylation is 1. The van der Waals surface area contributed by atoms with Crippen molar-refractivity contribution in [2.75, 3.05) is 26.2 Å². The van der Waals surface area contributed by atoms with E-state index in [2.05, 4.69) is 37.8 Å². The molecule has 1 heterocycles. The molecule has 0 bridgehead atoms. The van der Waals surface area contributed by atoms with Gasteiger partial charge in [0.15, 0.2) is 0 Å². The second-order valence-corrected chi connectivity index (χ2v) is 5.27. The highest BCUT2D eigenvalue weighted by Gasteiger charge is 2.09. The van der Waals surface area contributed by atoms with Gasteiger partial charge >= 0.3 is 0 Å². The Bertz CT molecular complexity index is 315. The van der Waals surface area contributed by atoms with Crippen molar-refractivity contribution in [3.8, 4) is 5.75 Å². The third-order valence-corrected chi connectivity index (χ3v) is 3.15. The molecule has 0 aliphatic carbocycles. The molecule has 1 fully saturated rings. The lowest BCUT2D eigenvalue weighted by molar-refractivity contribution is 0.183. The van der Waals surface area contributed by atoms with Crippen LogP contribution in [0.15, 0.2) is 24.3 Å². The molecule has 1 saturated heterocycles. The van der Waals surface area contributed by atoms with E-state index in [4.69, 9.17) is 4.74 Å². The smallest absolute Gasteiger partial charge is 0.119 e. The first kappa shape index (κ1) is 16.0. The van der Waals surface area contributed by atoms with Crippen LogP contribution < -0.4 is 4.74 Å². The molecular weight excluding hydrogens is 234 g/mol. The minimum absolute atomic E-state index is 0.809. The van der Waals surface area contributed by atoms with Crippen LogP contribution in [0, 0.1) is 6.92 Å². The van der Waals surface area contributed by atoms with Gasteiger partial charge < -0.3 is 4.74 Å². The molecular formula is C17H29NO. The topological polar surface area (TPSA) is 12.5 Å². The van der Waals surface area contributed by atoms with Gasteiger partial charge in [-0.3, -0.25) is 4.90 Å². The van der Waals surface area contributed by atoms with Gasteiger partial charge in [-0.15, -0.1) is 0 Å². The van der Waals surface area contributed by atoms with Crippen molar-refractivity contribution in [3.05, 3.63) is 29.8 Å². The summed E-state index contributed by atoms with van der Waals surface area (Å²) in [5.74, 6) is 0.989. The molecule has 1 aliphatic heterocycles. The molecule has 0 saturated carbocycles. The van der Waals surface area contributed by atoms with Gasteiger partial charge in [-0.25, -0.2) is 0 Å². The van der Waals surface area contributed by atoms with Gasteiger partial charge in [0.25, 0.3) is 0 Å². The van der Waals surface area contributed by atoms with Crippen LogP contribution in [0.5, 0.6) is 5.75 Å². The van der Waals surface area contributed by atoms with E-state index in [1.807, 2.05) is 12.1 Å². The number of ether oxygens (including phenoxy) is 1. The Kier molecular flexibility index (Phi) is 8.31. The number of likely N-dealkylation sites (tertiary alicyclic amines) is 1. The van der Waals surface area contributed by atoms with Gasteiger partial charge in [0, 0.05) is 6.54 Å². The highest BCUT2D eigenvalue weighted by atomic mass is 16.5. The summed E-state index contributed by atoms with van der Waals surface area (Å²) in [6, 6.07) is 8.28. The monoisotopic (exact) mass is 263 g/mol.